The predicted octanol–water partition coefficient (Wildman–Crippen LogP) is 5.10. The maximum Gasteiger partial charge on any atom is 0.272 e. The van der Waals surface area contributed by atoms with Crippen LogP contribution in [0.15, 0.2) is 82.4 Å². The number of carbonyl (C=O) groups excluding carboxylic acids is 1. The Morgan fingerprint density at radius 1 is 1.11 bits per heavy atom. The molecule has 2 heterocycles. The summed E-state index contributed by atoms with van der Waals surface area (Å²) in [7, 11) is 0. The van der Waals surface area contributed by atoms with Gasteiger partial charge in [0.25, 0.3) is 5.91 Å². The van der Waals surface area contributed by atoms with Gasteiger partial charge < -0.3 is 9.64 Å². The third-order valence-corrected chi connectivity index (χ3v) is 5.71. The Morgan fingerprint density at radius 3 is 2.78 bits per heavy atom. The van der Waals surface area contributed by atoms with Gasteiger partial charge in [-0.05, 0) is 30.3 Å². The molecule has 4 rings (SSSR count). The van der Waals surface area contributed by atoms with E-state index in [-0.39, 0.29) is 5.91 Å². The van der Waals surface area contributed by atoms with Crippen molar-refractivity contribution >= 4 is 39.3 Å². The van der Waals surface area contributed by atoms with Gasteiger partial charge in [-0.1, -0.05) is 52.3 Å². The summed E-state index contributed by atoms with van der Waals surface area (Å²) in [6.45, 7) is 0.632. The molecule has 0 bridgehead atoms. The molecular weight excluding hydrogens is 424 g/mol. The molecule has 6 heteroatoms. The Bertz CT molecular complexity index is 952. The van der Waals surface area contributed by atoms with Crippen molar-refractivity contribution in [3.8, 4) is 5.75 Å². The van der Waals surface area contributed by atoms with E-state index in [0.717, 1.165) is 26.5 Å². The molecular formula is C21H17BrN2O2S. The largest absolute Gasteiger partial charge is 0.476 e. The first kappa shape index (κ1) is 18.1. The lowest BCUT2D eigenvalue weighted by Crippen LogP contribution is -2.40. The fourth-order valence-electron chi connectivity index (χ4n) is 2.99. The third kappa shape index (κ3) is 4.01. The zero-order valence-corrected chi connectivity index (χ0v) is 16.8. The van der Waals surface area contributed by atoms with Gasteiger partial charge in [0, 0.05) is 28.5 Å². The molecule has 0 aliphatic carbocycles. The predicted molar refractivity (Wildman–Crippen MR) is 111 cm³/mol. The molecule has 1 amide bonds. The molecule has 2 aromatic carbocycles. The Kier molecular flexibility index (Phi) is 5.45. The molecule has 1 aliphatic rings. The van der Waals surface area contributed by atoms with E-state index < -0.39 is 6.10 Å². The number of halogens is 1. The lowest BCUT2D eigenvalue weighted by Gasteiger charge is -2.31. The highest BCUT2D eigenvalue weighted by Gasteiger charge is 2.32. The van der Waals surface area contributed by atoms with Gasteiger partial charge in [0.1, 0.15) is 10.8 Å². The number of ether oxygens (including phenoxy) is 1. The van der Waals surface area contributed by atoms with Gasteiger partial charge in [-0.25, -0.2) is 4.98 Å². The highest BCUT2D eigenvalue weighted by Crippen LogP contribution is 2.35. The molecule has 0 N–H and O–H groups in total. The number of hydrogen-bond donors (Lipinski definition) is 0. The lowest BCUT2D eigenvalue weighted by atomic mass is 10.1. The Balaban J connectivity index is 1.70. The molecule has 0 unspecified atom stereocenters. The molecule has 0 fully saturated rings. The number of hydrogen-bond acceptors (Lipinski definition) is 4. The molecule has 1 aliphatic heterocycles. The van der Waals surface area contributed by atoms with Crippen LogP contribution in [0, 0.1) is 0 Å². The summed E-state index contributed by atoms with van der Waals surface area (Å²) >= 11 is 5.13. The second kappa shape index (κ2) is 8.15. The van der Waals surface area contributed by atoms with Gasteiger partial charge in [0.05, 0.1) is 5.69 Å². The molecule has 1 aromatic heterocycles. The third-order valence-electron chi connectivity index (χ3n) is 4.24. The van der Waals surface area contributed by atoms with E-state index in [1.54, 1.807) is 22.9 Å². The van der Waals surface area contributed by atoms with Crippen molar-refractivity contribution in [3.05, 3.63) is 83.0 Å². The summed E-state index contributed by atoms with van der Waals surface area (Å²) < 4.78 is 7.07. The van der Waals surface area contributed by atoms with Crippen LogP contribution in [0.1, 0.15) is 11.7 Å². The van der Waals surface area contributed by atoms with Gasteiger partial charge in [-0.3, -0.25) is 4.79 Å². The molecule has 0 radical (unpaired) electrons. The van der Waals surface area contributed by atoms with Crippen molar-refractivity contribution in [1.82, 2.24) is 4.98 Å². The van der Waals surface area contributed by atoms with Crippen LogP contribution >= 0.6 is 27.7 Å². The number of aromatic nitrogens is 1. The smallest absolute Gasteiger partial charge is 0.272 e. The SMILES string of the molecule is O=C([C@@H](Oc1cccc(Br)c1)c1ccccc1)N1CCSc2ncccc21. The maximum absolute atomic E-state index is 13.5. The standard InChI is InChI=1S/C21H17BrN2O2S/c22-16-8-4-9-17(14-16)26-19(15-6-2-1-3-7-15)21(25)24-12-13-27-20-18(24)10-5-11-23-20/h1-11,14,19H,12-13H2/t19-/m0/s1. The Labute approximate surface area is 170 Å². The van der Waals surface area contributed by atoms with Crippen LogP contribution in [0.25, 0.3) is 0 Å². The normalized spacial score (nSPS) is 14.3. The molecule has 0 saturated heterocycles. The highest BCUT2D eigenvalue weighted by atomic mass is 79.9. The number of fused-ring (bicyclic) bond motifs is 1. The lowest BCUT2D eigenvalue weighted by molar-refractivity contribution is -0.125. The van der Waals surface area contributed by atoms with Crippen molar-refractivity contribution in [2.45, 2.75) is 11.1 Å². The summed E-state index contributed by atoms with van der Waals surface area (Å²) in [4.78, 5) is 19.7. The number of rotatable bonds is 4. The first-order valence-electron chi connectivity index (χ1n) is 8.59. The van der Waals surface area contributed by atoms with Crippen molar-refractivity contribution < 1.29 is 9.53 Å². The second-order valence-corrected chi connectivity index (χ2v) is 8.03. The minimum atomic E-state index is -0.725. The maximum atomic E-state index is 13.5. The number of thioether (sulfide) groups is 1. The van der Waals surface area contributed by atoms with Gasteiger partial charge >= 0.3 is 0 Å². The van der Waals surface area contributed by atoms with Crippen LogP contribution in [0.5, 0.6) is 5.75 Å². The summed E-state index contributed by atoms with van der Waals surface area (Å²) in [5.74, 6) is 1.37. The van der Waals surface area contributed by atoms with Gasteiger partial charge in [0.2, 0.25) is 6.10 Å². The molecule has 0 spiro atoms. The second-order valence-electron chi connectivity index (χ2n) is 6.03. The minimum absolute atomic E-state index is 0.0873. The van der Waals surface area contributed by atoms with Gasteiger partial charge in [0.15, 0.2) is 0 Å². The summed E-state index contributed by atoms with van der Waals surface area (Å²) in [5.41, 5.74) is 1.67. The van der Waals surface area contributed by atoms with Crippen LogP contribution in [-0.2, 0) is 4.79 Å². The van der Waals surface area contributed by atoms with Crippen LogP contribution in [0.3, 0.4) is 0 Å². The van der Waals surface area contributed by atoms with E-state index in [2.05, 4.69) is 20.9 Å². The van der Waals surface area contributed by atoms with E-state index in [1.165, 1.54) is 0 Å². The topological polar surface area (TPSA) is 42.4 Å². The van der Waals surface area contributed by atoms with Gasteiger partial charge in [-0.15, -0.1) is 11.8 Å². The van der Waals surface area contributed by atoms with Crippen LogP contribution in [0.4, 0.5) is 5.69 Å². The zero-order valence-electron chi connectivity index (χ0n) is 14.4. The van der Waals surface area contributed by atoms with Gasteiger partial charge in [-0.2, -0.15) is 0 Å². The summed E-state index contributed by atoms with van der Waals surface area (Å²) in [6.07, 6.45) is 1.03. The average Bonchev–Trinajstić information content (AvgIpc) is 2.72. The molecule has 1 atom stereocenters. The van der Waals surface area contributed by atoms with Crippen molar-refractivity contribution in [2.75, 3.05) is 17.2 Å². The van der Waals surface area contributed by atoms with E-state index >= 15 is 0 Å². The minimum Gasteiger partial charge on any atom is -0.476 e. The quantitative estimate of drug-likeness (QED) is 0.565. The number of nitrogens with zero attached hydrogens (tertiary/aromatic N) is 2. The average molecular weight is 441 g/mol. The number of pyridine rings is 1. The number of amides is 1. The summed E-state index contributed by atoms with van der Waals surface area (Å²) in [6, 6.07) is 20.9. The fourth-order valence-corrected chi connectivity index (χ4v) is 4.30. The molecule has 0 saturated carbocycles. The highest BCUT2D eigenvalue weighted by molar-refractivity contribution is 9.10. The van der Waals surface area contributed by atoms with Crippen molar-refractivity contribution in [1.29, 1.82) is 0 Å². The molecule has 3 aromatic rings. The number of anilines is 1. The Morgan fingerprint density at radius 2 is 1.96 bits per heavy atom. The Hall–Kier alpha value is -2.31. The van der Waals surface area contributed by atoms with Crippen LogP contribution < -0.4 is 9.64 Å². The van der Waals surface area contributed by atoms with E-state index in [0.29, 0.717) is 12.3 Å². The molecule has 27 heavy (non-hydrogen) atoms. The summed E-state index contributed by atoms with van der Waals surface area (Å²) in [5, 5.41) is 0.881. The van der Waals surface area contributed by atoms with E-state index in [4.69, 9.17) is 4.74 Å². The number of carbonyl (C=O) groups is 1. The van der Waals surface area contributed by atoms with Crippen molar-refractivity contribution in [2.24, 2.45) is 0 Å². The number of benzene rings is 2. The molecule has 136 valence electrons. The zero-order chi connectivity index (χ0) is 18.6. The molecule has 4 nitrogen and oxygen atoms in total. The first-order valence-corrected chi connectivity index (χ1v) is 10.4. The van der Waals surface area contributed by atoms with Crippen LogP contribution in [-0.4, -0.2) is 23.2 Å². The van der Waals surface area contributed by atoms with E-state index in [1.807, 2.05) is 66.7 Å². The van der Waals surface area contributed by atoms with E-state index in [9.17, 15) is 4.79 Å². The van der Waals surface area contributed by atoms with Crippen LogP contribution in [0.2, 0.25) is 0 Å². The van der Waals surface area contributed by atoms with Crippen molar-refractivity contribution in [3.63, 3.8) is 0 Å². The first-order chi connectivity index (χ1) is 13.2. The fraction of sp³-hybridized carbons (Fsp3) is 0.143. The monoisotopic (exact) mass is 440 g/mol.